The Morgan fingerprint density at radius 2 is 2.11 bits per heavy atom. The van der Waals surface area contributed by atoms with E-state index in [2.05, 4.69) is 30.5 Å². The average Bonchev–Trinajstić information content (AvgIpc) is 2.72. The minimum absolute atomic E-state index is 0.00966. The van der Waals surface area contributed by atoms with Crippen LogP contribution in [0.4, 0.5) is 28.7 Å². The summed E-state index contributed by atoms with van der Waals surface area (Å²) in [5.74, 6) is 0.764. The lowest BCUT2D eigenvalue weighted by Gasteiger charge is -2.08. The summed E-state index contributed by atoms with van der Waals surface area (Å²) in [7, 11) is 1.64. The molecular formula is C17H13N9O2. The van der Waals surface area contributed by atoms with Crippen LogP contribution in [0.5, 0.6) is 0 Å². The number of nitrogens with zero attached hydrogens (tertiary/aromatic N) is 7. The molecule has 0 spiro atoms. The van der Waals surface area contributed by atoms with Crippen LogP contribution in [0.15, 0.2) is 53.0 Å². The highest BCUT2D eigenvalue weighted by atomic mass is 16.6. The summed E-state index contributed by atoms with van der Waals surface area (Å²) in [5, 5.41) is 30.9. The van der Waals surface area contributed by atoms with Gasteiger partial charge in [-0.3, -0.25) is 15.1 Å². The first-order chi connectivity index (χ1) is 13.5. The molecule has 0 aliphatic heterocycles. The lowest BCUT2D eigenvalue weighted by atomic mass is 10.2. The molecule has 0 atom stereocenters. The van der Waals surface area contributed by atoms with Gasteiger partial charge in [-0.15, -0.1) is 10.2 Å². The van der Waals surface area contributed by atoms with Crippen molar-refractivity contribution >= 4 is 28.7 Å². The van der Waals surface area contributed by atoms with E-state index in [0.29, 0.717) is 17.2 Å². The van der Waals surface area contributed by atoms with E-state index in [-0.39, 0.29) is 28.4 Å². The topological polar surface area (TPSA) is 168 Å². The molecule has 3 N–H and O–H groups in total. The van der Waals surface area contributed by atoms with Gasteiger partial charge in [0.15, 0.2) is 23.1 Å². The van der Waals surface area contributed by atoms with Gasteiger partial charge in [0.05, 0.1) is 10.5 Å². The normalized spacial score (nSPS) is 10.6. The summed E-state index contributed by atoms with van der Waals surface area (Å²) in [4.78, 5) is 22.8. The standard InChI is InChI=1S/C17H13N9O2/c1-20-17-14(15(19)22-16(23-17)10-3-2-6-21-9-10)25-24-13-5-4-12(26(27)28)7-11(13)8-18/h2-7,9H,1H3,(H3,19,20,22,23). The number of benzene rings is 1. The van der Waals surface area contributed by atoms with Crippen molar-refractivity contribution in [2.24, 2.45) is 10.2 Å². The fourth-order valence-electron chi connectivity index (χ4n) is 2.29. The van der Waals surface area contributed by atoms with Crippen LogP contribution >= 0.6 is 0 Å². The van der Waals surface area contributed by atoms with Gasteiger partial charge in [0.25, 0.3) is 5.69 Å². The molecule has 0 aliphatic rings. The Morgan fingerprint density at radius 3 is 2.75 bits per heavy atom. The number of hydrogen-bond acceptors (Lipinski definition) is 10. The molecule has 3 rings (SSSR count). The van der Waals surface area contributed by atoms with Gasteiger partial charge in [0.2, 0.25) is 0 Å². The van der Waals surface area contributed by atoms with Gasteiger partial charge in [-0.2, -0.15) is 5.26 Å². The van der Waals surface area contributed by atoms with Crippen LogP contribution in [0.25, 0.3) is 11.4 Å². The predicted molar refractivity (Wildman–Crippen MR) is 101 cm³/mol. The highest BCUT2D eigenvalue weighted by Gasteiger charge is 2.14. The van der Waals surface area contributed by atoms with Crippen molar-refractivity contribution in [1.82, 2.24) is 15.0 Å². The van der Waals surface area contributed by atoms with E-state index in [9.17, 15) is 15.4 Å². The summed E-state index contributed by atoms with van der Waals surface area (Å²) in [5.41, 5.74) is 6.82. The molecule has 0 fully saturated rings. The summed E-state index contributed by atoms with van der Waals surface area (Å²) >= 11 is 0. The number of nitrogens with one attached hydrogen (secondary N) is 1. The number of rotatable bonds is 5. The zero-order valence-electron chi connectivity index (χ0n) is 14.6. The van der Waals surface area contributed by atoms with Crippen LogP contribution < -0.4 is 11.1 Å². The zero-order valence-corrected chi connectivity index (χ0v) is 14.6. The highest BCUT2D eigenvalue weighted by Crippen LogP contribution is 2.33. The number of azo groups is 1. The third-order valence-electron chi connectivity index (χ3n) is 3.64. The summed E-state index contributed by atoms with van der Waals surface area (Å²) in [6.45, 7) is 0. The van der Waals surface area contributed by atoms with Crippen molar-refractivity contribution in [3.05, 3.63) is 58.4 Å². The first-order valence-corrected chi connectivity index (χ1v) is 7.89. The van der Waals surface area contributed by atoms with Crippen molar-refractivity contribution in [1.29, 1.82) is 5.26 Å². The van der Waals surface area contributed by atoms with Gasteiger partial charge in [-0.25, -0.2) is 9.97 Å². The van der Waals surface area contributed by atoms with Gasteiger partial charge in [-0.05, 0) is 18.2 Å². The summed E-state index contributed by atoms with van der Waals surface area (Å²) < 4.78 is 0. The molecule has 0 amide bonds. The molecular weight excluding hydrogens is 362 g/mol. The third-order valence-corrected chi connectivity index (χ3v) is 3.64. The number of pyridine rings is 1. The summed E-state index contributed by atoms with van der Waals surface area (Å²) in [6.07, 6.45) is 3.23. The van der Waals surface area contributed by atoms with Crippen LogP contribution in [-0.2, 0) is 0 Å². The third kappa shape index (κ3) is 3.70. The second kappa shape index (κ2) is 7.83. The van der Waals surface area contributed by atoms with Gasteiger partial charge >= 0.3 is 0 Å². The molecule has 1 aromatic carbocycles. The molecule has 0 unspecified atom stereocenters. The van der Waals surface area contributed by atoms with Gasteiger partial charge in [0, 0.05) is 37.1 Å². The quantitative estimate of drug-likeness (QED) is 0.388. The van der Waals surface area contributed by atoms with E-state index in [4.69, 9.17) is 5.73 Å². The van der Waals surface area contributed by atoms with E-state index in [0.717, 1.165) is 6.07 Å². The minimum Gasteiger partial charge on any atom is -0.382 e. The number of nitrogen functional groups attached to an aromatic ring is 1. The number of anilines is 2. The van der Waals surface area contributed by atoms with Crippen molar-refractivity contribution in [2.45, 2.75) is 0 Å². The maximum Gasteiger partial charge on any atom is 0.270 e. The Labute approximate surface area is 158 Å². The Morgan fingerprint density at radius 1 is 1.29 bits per heavy atom. The second-order valence-electron chi connectivity index (χ2n) is 5.39. The Hall–Kier alpha value is -4.46. The average molecular weight is 375 g/mol. The first kappa shape index (κ1) is 18.3. The molecule has 2 aromatic heterocycles. The van der Waals surface area contributed by atoms with Crippen LogP contribution in [-0.4, -0.2) is 26.9 Å². The Balaban J connectivity index is 2.01. The SMILES string of the molecule is CNc1nc(-c2cccnc2)nc(N)c1N=Nc1ccc([N+](=O)[O-])cc1C#N. The lowest BCUT2D eigenvalue weighted by molar-refractivity contribution is -0.384. The monoisotopic (exact) mass is 375 g/mol. The number of non-ortho nitro benzene ring substituents is 1. The first-order valence-electron chi connectivity index (χ1n) is 7.89. The zero-order chi connectivity index (χ0) is 20.1. The number of hydrogen-bond donors (Lipinski definition) is 2. The Bertz CT molecular complexity index is 1110. The molecule has 11 nitrogen and oxygen atoms in total. The molecule has 2 heterocycles. The molecule has 28 heavy (non-hydrogen) atoms. The fraction of sp³-hybridized carbons (Fsp3) is 0.0588. The van der Waals surface area contributed by atoms with Gasteiger partial charge in [-0.1, -0.05) is 0 Å². The Kier molecular flexibility index (Phi) is 5.13. The molecule has 0 bridgehead atoms. The second-order valence-corrected chi connectivity index (χ2v) is 5.39. The van der Waals surface area contributed by atoms with E-state index >= 15 is 0 Å². The van der Waals surface area contributed by atoms with Crippen molar-refractivity contribution < 1.29 is 4.92 Å². The number of nitriles is 1. The molecule has 0 saturated carbocycles. The summed E-state index contributed by atoms with van der Waals surface area (Å²) in [6, 6.07) is 9.09. The van der Waals surface area contributed by atoms with E-state index in [1.165, 1.54) is 12.1 Å². The smallest absolute Gasteiger partial charge is 0.270 e. The molecule has 0 radical (unpaired) electrons. The van der Waals surface area contributed by atoms with E-state index in [1.807, 2.05) is 6.07 Å². The molecule has 3 aromatic rings. The minimum atomic E-state index is -0.593. The van der Waals surface area contributed by atoms with E-state index in [1.54, 1.807) is 31.6 Å². The number of aromatic nitrogens is 3. The van der Waals surface area contributed by atoms with Crippen molar-refractivity contribution in [3.8, 4) is 17.5 Å². The van der Waals surface area contributed by atoms with Crippen molar-refractivity contribution in [2.75, 3.05) is 18.1 Å². The predicted octanol–water partition coefficient (Wildman–Crippen LogP) is 3.36. The molecule has 11 heteroatoms. The van der Waals surface area contributed by atoms with Crippen molar-refractivity contribution in [3.63, 3.8) is 0 Å². The van der Waals surface area contributed by atoms with E-state index < -0.39 is 4.92 Å². The highest BCUT2D eigenvalue weighted by molar-refractivity contribution is 5.75. The van der Waals surface area contributed by atoms with Gasteiger partial charge < -0.3 is 11.1 Å². The van der Waals surface area contributed by atoms with Crippen LogP contribution in [0.3, 0.4) is 0 Å². The largest absolute Gasteiger partial charge is 0.382 e. The number of nitro benzene ring substituents is 1. The molecule has 0 aliphatic carbocycles. The number of nitrogens with two attached hydrogens (primary N) is 1. The lowest BCUT2D eigenvalue weighted by Crippen LogP contribution is -2.02. The van der Waals surface area contributed by atoms with Crippen LogP contribution in [0.2, 0.25) is 0 Å². The maximum atomic E-state index is 10.8. The van der Waals surface area contributed by atoms with Crippen LogP contribution in [0, 0.1) is 21.4 Å². The fourth-order valence-corrected chi connectivity index (χ4v) is 2.29. The molecule has 138 valence electrons. The van der Waals surface area contributed by atoms with Crippen LogP contribution in [0.1, 0.15) is 5.56 Å². The molecule has 0 saturated heterocycles. The van der Waals surface area contributed by atoms with Gasteiger partial charge in [0.1, 0.15) is 11.8 Å². The number of nitro groups is 1. The maximum absolute atomic E-state index is 10.8.